The molecule has 98 valence electrons. The van der Waals surface area contributed by atoms with Crippen molar-refractivity contribution in [2.45, 2.75) is 0 Å². The Morgan fingerprint density at radius 3 is 2.47 bits per heavy atom. The van der Waals surface area contributed by atoms with Gasteiger partial charge >= 0.3 is 0 Å². The van der Waals surface area contributed by atoms with E-state index >= 15 is 0 Å². The predicted octanol–water partition coefficient (Wildman–Crippen LogP) is 1.88. The maximum atomic E-state index is 12.0. The first-order valence-electron chi connectivity index (χ1n) is 5.45. The highest BCUT2D eigenvalue weighted by molar-refractivity contribution is 6.32. The van der Waals surface area contributed by atoms with E-state index < -0.39 is 0 Å². The van der Waals surface area contributed by atoms with Crippen LogP contribution in [0.4, 0.5) is 0 Å². The molecule has 6 heteroatoms. The third kappa shape index (κ3) is 4.26. The number of ether oxygens (including phenoxy) is 1. The number of benzene rings is 1. The number of carbonyl (C=O) groups is 1. The molecule has 0 saturated heterocycles. The van der Waals surface area contributed by atoms with Crippen LogP contribution in [0.5, 0.6) is 5.75 Å². The fourth-order valence-corrected chi connectivity index (χ4v) is 1.76. The summed E-state index contributed by atoms with van der Waals surface area (Å²) in [6, 6.07) is 8.55. The molecule has 1 rings (SSSR count). The second-order valence-corrected chi connectivity index (χ2v) is 4.14. The normalized spacial score (nSPS) is 9.74. The highest BCUT2D eigenvalue weighted by atomic mass is 35.5. The van der Waals surface area contributed by atoms with Crippen molar-refractivity contribution in [2.75, 3.05) is 26.7 Å². The molecule has 0 unspecified atom stereocenters. The number of nitriles is 2. The van der Waals surface area contributed by atoms with E-state index in [9.17, 15) is 4.79 Å². The Morgan fingerprint density at radius 1 is 1.37 bits per heavy atom. The maximum Gasteiger partial charge on any atom is 0.176 e. The van der Waals surface area contributed by atoms with E-state index in [1.807, 2.05) is 12.1 Å². The Kier molecular flexibility index (Phi) is 5.81. The van der Waals surface area contributed by atoms with Gasteiger partial charge in [0.2, 0.25) is 0 Å². The van der Waals surface area contributed by atoms with Gasteiger partial charge in [0.05, 0.1) is 43.9 Å². The van der Waals surface area contributed by atoms with Crippen LogP contribution in [0.1, 0.15) is 10.4 Å². The maximum absolute atomic E-state index is 12.0. The number of ketones is 1. The van der Waals surface area contributed by atoms with Crippen LogP contribution in [0.2, 0.25) is 5.02 Å². The Balaban J connectivity index is 2.80. The minimum absolute atomic E-state index is 0.00375. The molecule has 0 saturated carbocycles. The van der Waals surface area contributed by atoms with E-state index in [0.717, 1.165) is 0 Å². The van der Waals surface area contributed by atoms with Gasteiger partial charge in [-0.2, -0.15) is 10.5 Å². The van der Waals surface area contributed by atoms with Gasteiger partial charge in [0.25, 0.3) is 0 Å². The molecule has 0 fully saturated rings. The zero-order valence-electron chi connectivity index (χ0n) is 10.4. The van der Waals surface area contributed by atoms with Crippen LogP contribution in [0.15, 0.2) is 18.2 Å². The average molecular weight is 278 g/mol. The topological polar surface area (TPSA) is 77.1 Å². The zero-order chi connectivity index (χ0) is 14.3. The first-order valence-corrected chi connectivity index (χ1v) is 5.83. The lowest BCUT2D eigenvalue weighted by Crippen LogP contribution is -2.30. The third-order valence-corrected chi connectivity index (χ3v) is 2.72. The largest absolute Gasteiger partial charge is 0.495 e. The Labute approximate surface area is 116 Å². The Bertz CT molecular complexity index is 530. The van der Waals surface area contributed by atoms with Crippen molar-refractivity contribution in [3.63, 3.8) is 0 Å². The van der Waals surface area contributed by atoms with Crippen molar-refractivity contribution in [3.8, 4) is 17.9 Å². The molecule has 19 heavy (non-hydrogen) atoms. The molecule has 0 radical (unpaired) electrons. The summed E-state index contributed by atoms with van der Waals surface area (Å²) in [5, 5.41) is 17.6. The quantitative estimate of drug-likeness (QED) is 0.586. The van der Waals surface area contributed by atoms with Gasteiger partial charge in [-0.25, -0.2) is 0 Å². The molecule has 0 aliphatic rings. The van der Waals surface area contributed by atoms with E-state index in [-0.39, 0.29) is 25.4 Å². The minimum atomic E-state index is -0.199. The van der Waals surface area contributed by atoms with Crippen molar-refractivity contribution < 1.29 is 9.53 Å². The van der Waals surface area contributed by atoms with Crippen LogP contribution in [0.25, 0.3) is 0 Å². The van der Waals surface area contributed by atoms with E-state index in [4.69, 9.17) is 26.9 Å². The highest BCUT2D eigenvalue weighted by Gasteiger charge is 2.13. The van der Waals surface area contributed by atoms with E-state index in [1.165, 1.54) is 18.1 Å². The Morgan fingerprint density at radius 2 is 2.00 bits per heavy atom. The lowest BCUT2D eigenvalue weighted by Gasteiger charge is -2.14. The number of hydrogen-bond donors (Lipinski definition) is 0. The summed E-state index contributed by atoms with van der Waals surface area (Å²) < 4.78 is 5.00. The lowest BCUT2D eigenvalue weighted by atomic mass is 10.1. The number of hydrogen-bond acceptors (Lipinski definition) is 5. The first-order chi connectivity index (χ1) is 9.12. The van der Waals surface area contributed by atoms with Gasteiger partial charge in [-0.05, 0) is 18.2 Å². The van der Waals surface area contributed by atoms with Crippen molar-refractivity contribution in [1.82, 2.24) is 4.90 Å². The van der Waals surface area contributed by atoms with E-state index in [2.05, 4.69) is 0 Å². The van der Waals surface area contributed by atoms with Crippen LogP contribution in [0.3, 0.4) is 0 Å². The number of rotatable bonds is 6. The molecule has 0 amide bonds. The summed E-state index contributed by atoms with van der Waals surface area (Å²) in [5.41, 5.74) is 0.423. The summed E-state index contributed by atoms with van der Waals surface area (Å²) in [4.78, 5) is 13.5. The number of nitrogens with zero attached hydrogens (tertiary/aromatic N) is 3. The average Bonchev–Trinajstić information content (AvgIpc) is 2.39. The molecular weight excluding hydrogens is 266 g/mol. The number of Topliss-reactive ketones (excluding diaryl/α,β-unsaturated/α-hetero) is 1. The number of carbonyl (C=O) groups excluding carboxylic acids is 1. The second kappa shape index (κ2) is 7.38. The first kappa shape index (κ1) is 15.0. The Hall–Kier alpha value is -2.08. The fraction of sp³-hybridized carbons (Fsp3) is 0.308. The van der Waals surface area contributed by atoms with Crippen LogP contribution in [-0.2, 0) is 0 Å². The van der Waals surface area contributed by atoms with Crippen molar-refractivity contribution >= 4 is 17.4 Å². The van der Waals surface area contributed by atoms with Gasteiger partial charge in [0, 0.05) is 5.56 Å². The summed E-state index contributed by atoms with van der Waals surface area (Å²) in [7, 11) is 1.49. The van der Waals surface area contributed by atoms with Crippen LogP contribution < -0.4 is 4.74 Å². The molecule has 0 heterocycles. The van der Waals surface area contributed by atoms with Crippen molar-refractivity contribution in [2.24, 2.45) is 0 Å². The smallest absolute Gasteiger partial charge is 0.176 e. The van der Waals surface area contributed by atoms with Crippen LogP contribution in [0, 0.1) is 22.7 Å². The fourth-order valence-electron chi connectivity index (χ4n) is 1.50. The van der Waals surface area contributed by atoms with Gasteiger partial charge in [-0.15, -0.1) is 0 Å². The number of halogens is 1. The zero-order valence-corrected chi connectivity index (χ0v) is 11.1. The summed E-state index contributed by atoms with van der Waals surface area (Å²) >= 11 is 5.94. The van der Waals surface area contributed by atoms with Crippen molar-refractivity contribution in [3.05, 3.63) is 28.8 Å². The summed E-state index contributed by atoms with van der Waals surface area (Å²) in [6.07, 6.45) is 0. The molecule has 0 aliphatic heterocycles. The summed E-state index contributed by atoms with van der Waals surface area (Å²) in [5.74, 6) is 0.291. The van der Waals surface area contributed by atoms with E-state index in [1.54, 1.807) is 12.1 Å². The minimum Gasteiger partial charge on any atom is -0.495 e. The van der Waals surface area contributed by atoms with Crippen LogP contribution >= 0.6 is 11.6 Å². The molecule has 5 nitrogen and oxygen atoms in total. The molecule has 0 bridgehead atoms. The molecule has 0 aromatic heterocycles. The third-order valence-electron chi connectivity index (χ3n) is 2.43. The van der Waals surface area contributed by atoms with Crippen LogP contribution in [-0.4, -0.2) is 37.4 Å². The van der Waals surface area contributed by atoms with Gasteiger partial charge < -0.3 is 4.74 Å². The van der Waals surface area contributed by atoms with Gasteiger partial charge in [-0.3, -0.25) is 9.69 Å². The molecule has 0 spiro atoms. The van der Waals surface area contributed by atoms with Gasteiger partial charge in [-0.1, -0.05) is 11.6 Å². The molecule has 0 aliphatic carbocycles. The molecule has 0 atom stereocenters. The molecule has 0 N–H and O–H groups in total. The highest BCUT2D eigenvalue weighted by Crippen LogP contribution is 2.25. The summed E-state index contributed by atoms with van der Waals surface area (Å²) in [6.45, 7) is 0.0656. The molecule has 1 aromatic carbocycles. The van der Waals surface area contributed by atoms with Gasteiger partial charge in [0.1, 0.15) is 5.75 Å². The standard InChI is InChI=1S/C13H12ClN3O2/c1-19-13-3-2-10(8-11(13)14)12(18)9-17(6-4-15)7-5-16/h2-3,8H,6-7,9H2,1H3. The lowest BCUT2D eigenvalue weighted by molar-refractivity contribution is 0.0946. The van der Waals surface area contributed by atoms with Gasteiger partial charge in [0.15, 0.2) is 5.78 Å². The SMILES string of the molecule is COc1ccc(C(=O)CN(CC#N)CC#N)cc1Cl. The molecule has 1 aromatic rings. The van der Waals surface area contributed by atoms with E-state index in [0.29, 0.717) is 16.3 Å². The second-order valence-electron chi connectivity index (χ2n) is 3.73. The molecular formula is C13H12ClN3O2. The predicted molar refractivity (Wildman–Crippen MR) is 70.0 cm³/mol. The van der Waals surface area contributed by atoms with Crippen molar-refractivity contribution in [1.29, 1.82) is 10.5 Å². The monoisotopic (exact) mass is 277 g/mol. The number of methoxy groups -OCH3 is 1.